The lowest BCUT2D eigenvalue weighted by Crippen LogP contribution is -2.34. The number of rotatable bonds is 4. The molecule has 1 saturated carbocycles. The van der Waals surface area contributed by atoms with Crippen LogP contribution in [0.3, 0.4) is 0 Å². The summed E-state index contributed by atoms with van der Waals surface area (Å²) in [6, 6.07) is 9.83. The maximum absolute atomic E-state index is 9.06. The first kappa shape index (κ1) is 10.8. The van der Waals surface area contributed by atoms with Crippen molar-refractivity contribution in [2.24, 2.45) is 5.41 Å². The van der Waals surface area contributed by atoms with Crippen molar-refractivity contribution in [3.63, 3.8) is 0 Å². The fourth-order valence-corrected chi connectivity index (χ4v) is 1.80. The number of ether oxygens (including phenoxy) is 2. The van der Waals surface area contributed by atoms with Gasteiger partial charge >= 0.3 is 0 Å². The molecule has 1 aromatic rings. The Bertz CT molecular complexity index is 405. The van der Waals surface area contributed by atoms with E-state index >= 15 is 0 Å². The minimum Gasteiger partial charge on any atom is -0.497 e. The number of benzene rings is 1. The fourth-order valence-electron chi connectivity index (χ4n) is 1.80. The van der Waals surface area contributed by atoms with E-state index in [0.717, 1.165) is 30.8 Å². The average molecular weight is 217 g/mol. The molecule has 0 spiro atoms. The number of nitrogens with zero attached hydrogens (tertiary/aromatic N) is 1. The fraction of sp³-hybridized carbons (Fsp3) is 0.462. The van der Waals surface area contributed by atoms with Crippen LogP contribution in [0.25, 0.3) is 0 Å². The molecule has 0 heterocycles. The van der Waals surface area contributed by atoms with Crippen LogP contribution in [-0.2, 0) is 0 Å². The molecule has 2 rings (SSSR count). The SMILES string of the molecule is COc1cccc(OCC2(C#N)CCC2)c1. The maximum Gasteiger partial charge on any atom is 0.123 e. The molecule has 84 valence electrons. The zero-order valence-corrected chi connectivity index (χ0v) is 9.40. The van der Waals surface area contributed by atoms with Gasteiger partial charge in [-0.15, -0.1) is 0 Å². The standard InChI is InChI=1S/C13H15NO2/c1-15-11-4-2-5-12(8-11)16-10-13(9-14)6-3-7-13/h2,4-5,8H,3,6-7,10H2,1H3. The summed E-state index contributed by atoms with van der Waals surface area (Å²) in [6.07, 6.45) is 3.04. The topological polar surface area (TPSA) is 42.2 Å². The van der Waals surface area contributed by atoms with E-state index < -0.39 is 0 Å². The van der Waals surface area contributed by atoms with Crippen LogP contribution >= 0.6 is 0 Å². The summed E-state index contributed by atoms with van der Waals surface area (Å²) in [6.45, 7) is 0.483. The molecule has 0 aromatic heterocycles. The van der Waals surface area contributed by atoms with Gasteiger partial charge in [0.05, 0.1) is 18.6 Å². The quantitative estimate of drug-likeness (QED) is 0.778. The monoisotopic (exact) mass is 217 g/mol. The average Bonchev–Trinajstić information content (AvgIpc) is 2.29. The Balaban J connectivity index is 1.97. The summed E-state index contributed by atoms with van der Waals surface area (Å²) < 4.78 is 10.8. The third-order valence-electron chi connectivity index (χ3n) is 3.10. The highest BCUT2D eigenvalue weighted by Gasteiger charge is 2.38. The predicted molar refractivity (Wildman–Crippen MR) is 60.4 cm³/mol. The van der Waals surface area contributed by atoms with Crippen LogP contribution in [0.2, 0.25) is 0 Å². The summed E-state index contributed by atoms with van der Waals surface area (Å²) in [5.74, 6) is 1.54. The Kier molecular flexibility index (Phi) is 3.00. The van der Waals surface area contributed by atoms with Crippen molar-refractivity contribution >= 4 is 0 Å². The second-order valence-corrected chi connectivity index (χ2v) is 4.21. The van der Waals surface area contributed by atoms with Crippen molar-refractivity contribution in [3.05, 3.63) is 24.3 Å². The normalized spacial score (nSPS) is 17.0. The molecule has 3 heteroatoms. The summed E-state index contributed by atoms with van der Waals surface area (Å²) >= 11 is 0. The van der Waals surface area contributed by atoms with Crippen molar-refractivity contribution in [2.45, 2.75) is 19.3 Å². The third-order valence-corrected chi connectivity index (χ3v) is 3.10. The van der Waals surface area contributed by atoms with Gasteiger partial charge in [-0.25, -0.2) is 0 Å². The predicted octanol–water partition coefficient (Wildman–Crippen LogP) is 2.77. The Hall–Kier alpha value is -1.69. The van der Waals surface area contributed by atoms with E-state index in [-0.39, 0.29) is 5.41 Å². The van der Waals surface area contributed by atoms with Crippen molar-refractivity contribution < 1.29 is 9.47 Å². The first-order valence-corrected chi connectivity index (χ1v) is 5.46. The van der Waals surface area contributed by atoms with Gasteiger partial charge in [0.25, 0.3) is 0 Å². The van der Waals surface area contributed by atoms with E-state index in [1.165, 1.54) is 0 Å². The molecule has 0 bridgehead atoms. The minimum absolute atomic E-state index is 0.247. The van der Waals surface area contributed by atoms with E-state index in [0.29, 0.717) is 6.61 Å². The first-order chi connectivity index (χ1) is 7.78. The number of methoxy groups -OCH3 is 1. The van der Waals surface area contributed by atoms with Gasteiger partial charge < -0.3 is 9.47 Å². The van der Waals surface area contributed by atoms with Crippen molar-refractivity contribution in [3.8, 4) is 17.6 Å². The van der Waals surface area contributed by atoms with Gasteiger partial charge in [0.1, 0.15) is 18.1 Å². The molecule has 1 aliphatic rings. The second-order valence-electron chi connectivity index (χ2n) is 4.21. The van der Waals surface area contributed by atoms with Gasteiger partial charge in [-0.1, -0.05) is 12.5 Å². The van der Waals surface area contributed by atoms with Crippen molar-refractivity contribution in [1.29, 1.82) is 5.26 Å². The van der Waals surface area contributed by atoms with Crippen LogP contribution in [0.4, 0.5) is 0 Å². The van der Waals surface area contributed by atoms with Crippen LogP contribution in [0.15, 0.2) is 24.3 Å². The zero-order valence-electron chi connectivity index (χ0n) is 9.40. The Morgan fingerprint density at radius 1 is 1.38 bits per heavy atom. The molecular weight excluding hydrogens is 202 g/mol. The van der Waals surface area contributed by atoms with E-state index in [1.807, 2.05) is 24.3 Å². The van der Waals surface area contributed by atoms with Gasteiger partial charge in [0.15, 0.2) is 0 Å². The smallest absolute Gasteiger partial charge is 0.123 e. The summed E-state index contributed by atoms with van der Waals surface area (Å²) in [5.41, 5.74) is -0.247. The van der Waals surface area contributed by atoms with Crippen LogP contribution in [0.1, 0.15) is 19.3 Å². The van der Waals surface area contributed by atoms with E-state index in [4.69, 9.17) is 14.7 Å². The summed E-state index contributed by atoms with van der Waals surface area (Å²) in [4.78, 5) is 0. The molecule has 0 saturated heterocycles. The van der Waals surface area contributed by atoms with E-state index in [9.17, 15) is 0 Å². The lowest BCUT2D eigenvalue weighted by molar-refractivity contribution is 0.115. The molecule has 0 amide bonds. The van der Waals surface area contributed by atoms with Crippen LogP contribution in [0.5, 0.6) is 11.5 Å². The molecule has 1 aromatic carbocycles. The second kappa shape index (κ2) is 4.44. The van der Waals surface area contributed by atoms with Gasteiger partial charge in [0.2, 0.25) is 0 Å². The summed E-state index contributed by atoms with van der Waals surface area (Å²) in [7, 11) is 1.63. The van der Waals surface area contributed by atoms with Gasteiger partial charge in [-0.2, -0.15) is 5.26 Å². The van der Waals surface area contributed by atoms with E-state index in [1.54, 1.807) is 7.11 Å². The highest BCUT2D eigenvalue weighted by atomic mass is 16.5. The minimum atomic E-state index is -0.247. The van der Waals surface area contributed by atoms with E-state index in [2.05, 4.69) is 6.07 Å². The van der Waals surface area contributed by atoms with Gasteiger partial charge in [0, 0.05) is 6.07 Å². The van der Waals surface area contributed by atoms with Crippen LogP contribution < -0.4 is 9.47 Å². The molecule has 0 radical (unpaired) electrons. The lowest BCUT2D eigenvalue weighted by atomic mass is 9.71. The molecule has 0 unspecified atom stereocenters. The third kappa shape index (κ3) is 2.11. The molecule has 0 N–H and O–H groups in total. The Morgan fingerprint density at radius 3 is 2.69 bits per heavy atom. The molecular formula is C13H15NO2. The molecule has 0 aliphatic heterocycles. The van der Waals surface area contributed by atoms with Crippen LogP contribution in [0, 0.1) is 16.7 Å². The number of nitriles is 1. The van der Waals surface area contributed by atoms with Gasteiger partial charge in [-0.3, -0.25) is 0 Å². The number of hydrogen-bond donors (Lipinski definition) is 0. The number of hydrogen-bond acceptors (Lipinski definition) is 3. The van der Waals surface area contributed by atoms with Crippen molar-refractivity contribution in [1.82, 2.24) is 0 Å². The van der Waals surface area contributed by atoms with Crippen LogP contribution in [-0.4, -0.2) is 13.7 Å². The lowest BCUT2D eigenvalue weighted by Gasteiger charge is -2.34. The molecule has 1 aliphatic carbocycles. The summed E-state index contributed by atoms with van der Waals surface area (Å²) in [5, 5.41) is 9.06. The highest BCUT2D eigenvalue weighted by molar-refractivity contribution is 5.33. The Labute approximate surface area is 95.6 Å². The van der Waals surface area contributed by atoms with Crippen molar-refractivity contribution in [2.75, 3.05) is 13.7 Å². The van der Waals surface area contributed by atoms with Gasteiger partial charge in [-0.05, 0) is 25.0 Å². The Morgan fingerprint density at radius 2 is 2.12 bits per heavy atom. The molecule has 1 fully saturated rings. The highest BCUT2D eigenvalue weighted by Crippen LogP contribution is 2.40. The zero-order chi connectivity index (χ0) is 11.4. The first-order valence-electron chi connectivity index (χ1n) is 5.46. The molecule has 16 heavy (non-hydrogen) atoms. The molecule has 3 nitrogen and oxygen atoms in total. The largest absolute Gasteiger partial charge is 0.497 e. The molecule has 0 atom stereocenters. The maximum atomic E-state index is 9.06.